The number of nitrogens with one attached hydrogen (secondary N) is 1. The van der Waals surface area contributed by atoms with E-state index >= 15 is 0 Å². The molecule has 1 heterocycles. The van der Waals surface area contributed by atoms with Gasteiger partial charge in [-0.05, 0) is 40.5 Å². The van der Waals surface area contributed by atoms with Crippen molar-refractivity contribution in [1.82, 2.24) is 10.2 Å². The first-order valence-corrected chi connectivity index (χ1v) is 6.95. The quantitative estimate of drug-likeness (QED) is 0.680. The first-order valence-electron chi connectivity index (χ1n) is 6.95. The Morgan fingerprint density at radius 1 is 1.12 bits per heavy atom. The van der Waals surface area contributed by atoms with Crippen LogP contribution in [0, 0.1) is 0 Å². The van der Waals surface area contributed by atoms with Gasteiger partial charge in [0.2, 0.25) is 0 Å². The van der Waals surface area contributed by atoms with Gasteiger partial charge < -0.3 is 5.32 Å². The third-order valence-electron chi connectivity index (χ3n) is 4.45. The molecule has 2 heteroatoms. The van der Waals surface area contributed by atoms with Crippen molar-refractivity contribution < 1.29 is 0 Å². The lowest BCUT2D eigenvalue weighted by molar-refractivity contribution is 0.00207. The summed E-state index contributed by atoms with van der Waals surface area (Å²) in [4.78, 5) is 2.70. The molecule has 16 heavy (non-hydrogen) atoms. The van der Waals surface area contributed by atoms with E-state index in [-0.39, 0.29) is 0 Å². The molecule has 2 nitrogen and oxygen atoms in total. The first-order chi connectivity index (χ1) is 7.43. The zero-order valence-corrected chi connectivity index (χ0v) is 11.5. The van der Waals surface area contributed by atoms with Crippen LogP contribution in [0.5, 0.6) is 0 Å². The number of hydrogen-bond donors (Lipinski definition) is 1. The predicted octanol–water partition coefficient (Wildman–Crippen LogP) is 2.78. The number of piperazine rings is 1. The smallest absolute Gasteiger partial charge is 0.0309 e. The number of rotatable bonds is 0. The highest BCUT2D eigenvalue weighted by Gasteiger charge is 2.41. The molecule has 0 aromatic heterocycles. The summed E-state index contributed by atoms with van der Waals surface area (Å²) in [6.45, 7) is 11.8. The third kappa shape index (κ3) is 2.43. The molecule has 1 N–H and O–H groups in total. The third-order valence-corrected chi connectivity index (χ3v) is 4.45. The van der Waals surface area contributed by atoms with E-state index in [1.54, 1.807) is 0 Å². The molecule has 1 unspecified atom stereocenters. The van der Waals surface area contributed by atoms with Crippen molar-refractivity contribution in [2.45, 2.75) is 76.9 Å². The Morgan fingerprint density at radius 3 is 2.31 bits per heavy atom. The minimum absolute atomic E-state index is 0.311. The van der Waals surface area contributed by atoms with Gasteiger partial charge in [0.25, 0.3) is 0 Å². The zero-order chi connectivity index (χ0) is 11.8. The van der Waals surface area contributed by atoms with Gasteiger partial charge in [-0.3, -0.25) is 4.90 Å². The lowest BCUT2D eigenvalue weighted by atomic mass is 9.78. The zero-order valence-electron chi connectivity index (χ0n) is 11.5. The SMILES string of the molecule is CC1CNC2(CCCCC2)CN1C(C)(C)C. The van der Waals surface area contributed by atoms with Crippen LogP contribution in [-0.2, 0) is 0 Å². The molecule has 1 spiro atoms. The van der Waals surface area contributed by atoms with Gasteiger partial charge in [-0.25, -0.2) is 0 Å². The van der Waals surface area contributed by atoms with Crippen LogP contribution < -0.4 is 5.32 Å². The highest BCUT2D eigenvalue weighted by Crippen LogP contribution is 2.34. The van der Waals surface area contributed by atoms with Gasteiger partial charge in [-0.2, -0.15) is 0 Å². The van der Waals surface area contributed by atoms with Crippen LogP contribution in [0.2, 0.25) is 0 Å². The highest BCUT2D eigenvalue weighted by atomic mass is 15.3. The van der Waals surface area contributed by atoms with Crippen molar-refractivity contribution in [3.05, 3.63) is 0 Å². The second-order valence-corrected chi connectivity index (χ2v) is 6.87. The lowest BCUT2D eigenvalue weighted by Gasteiger charge is -2.53. The Bertz CT molecular complexity index is 236. The van der Waals surface area contributed by atoms with Crippen molar-refractivity contribution >= 4 is 0 Å². The van der Waals surface area contributed by atoms with Crippen molar-refractivity contribution in [3.63, 3.8) is 0 Å². The molecule has 0 amide bonds. The Labute approximate surface area is 101 Å². The average Bonchev–Trinajstić information content (AvgIpc) is 2.22. The summed E-state index contributed by atoms with van der Waals surface area (Å²) in [5.74, 6) is 0. The molecule has 1 atom stereocenters. The summed E-state index contributed by atoms with van der Waals surface area (Å²) in [6.07, 6.45) is 7.03. The molecule has 1 saturated carbocycles. The fourth-order valence-electron chi connectivity index (χ4n) is 3.47. The molecule has 0 bridgehead atoms. The van der Waals surface area contributed by atoms with E-state index in [9.17, 15) is 0 Å². The van der Waals surface area contributed by atoms with Gasteiger partial charge in [-0.1, -0.05) is 19.3 Å². The van der Waals surface area contributed by atoms with Gasteiger partial charge in [0, 0.05) is 30.2 Å². The van der Waals surface area contributed by atoms with Crippen molar-refractivity contribution in [2.75, 3.05) is 13.1 Å². The first kappa shape index (κ1) is 12.4. The van der Waals surface area contributed by atoms with Crippen LogP contribution in [0.4, 0.5) is 0 Å². The maximum absolute atomic E-state index is 3.84. The Hall–Kier alpha value is -0.0800. The van der Waals surface area contributed by atoms with Gasteiger partial charge in [-0.15, -0.1) is 0 Å². The normalized spacial score (nSPS) is 31.9. The highest BCUT2D eigenvalue weighted by molar-refractivity contribution is 5.01. The average molecular weight is 224 g/mol. The largest absolute Gasteiger partial charge is 0.308 e. The molecule has 94 valence electrons. The van der Waals surface area contributed by atoms with E-state index in [2.05, 4.69) is 37.9 Å². The monoisotopic (exact) mass is 224 g/mol. The van der Waals surface area contributed by atoms with E-state index in [1.807, 2.05) is 0 Å². The minimum atomic E-state index is 0.311. The molecule has 0 aromatic rings. The Morgan fingerprint density at radius 2 is 1.75 bits per heavy atom. The van der Waals surface area contributed by atoms with Crippen LogP contribution in [0.1, 0.15) is 59.8 Å². The van der Waals surface area contributed by atoms with E-state index < -0.39 is 0 Å². The number of nitrogens with zero attached hydrogens (tertiary/aromatic N) is 1. The fourth-order valence-corrected chi connectivity index (χ4v) is 3.47. The summed E-state index contributed by atoms with van der Waals surface area (Å²) >= 11 is 0. The molecule has 0 aromatic carbocycles. The molecule has 1 saturated heterocycles. The Balaban J connectivity index is 2.09. The molecular formula is C14H28N2. The van der Waals surface area contributed by atoms with Crippen LogP contribution in [0.3, 0.4) is 0 Å². The second-order valence-electron chi connectivity index (χ2n) is 6.87. The minimum Gasteiger partial charge on any atom is -0.308 e. The topological polar surface area (TPSA) is 15.3 Å². The van der Waals surface area contributed by atoms with Gasteiger partial charge >= 0.3 is 0 Å². The van der Waals surface area contributed by atoms with Crippen molar-refractivity contribution in [3.8, 4) is 0 Å². The molecule has 2 rings (SSSR count). The Kier molecular flexibility index (Phi) is 3.33. The van der Waals surface area contributed by atoms with Crippen LogP contribution in [0.25, 0.3) is 0 Å². The van der Waals surface area contributed by atoms with Crippen LogP contribution in [-0.4, -0.2) is 35.1 Å². The maximum atomic E-state index is 3.84. The van der Waals surface area contributed by atoms with Gasteiger partial charge in [0.05, 0.1) is 0 Å². The lowest BCUT2D eigenvalue weighted by Crippen LogP contribution is -2.67. The van der Waals surface area contributed by atoms with Crippen LogP contribution in [0.15, 0.2) is 0 Å². The van der Waals surface area contributed by atoms with Crippen LogP contribution >= 0.6 is 0 Å². The molecule has 1 aliphatic carbocycles. The van der Waals surface area contributed by atoms with Crippen molar-refractivity contribution in [2.24, 2.45) is 0 Å². The summed E-state index contributed by atoms with van der Waals surface area (Å²) in [7, 11) is 0. The molecule has 2 aliphatic rings. The molecule has 2 fully saturated rings. The summed E-state index contributed by atoms with van der Waals surface area (Å²) in [6, 6.07) is 0.674. The maximum Gasteiger partial charge on any atom is 0.0309 e. The molecule has 0 radical (unpaired) electrons. The second kappa shape index (κ2) is 4.30. The van der Waals surface area contributed by atoms with E-state index in [0.717, 1.165) is 6.54 Å². The molecule has 1 aliphatic heterocycles. The van der Waals surface area contributed by atoms with E-state index in [4.69, 9.17) is 0 Å². The van der Waals surface area contributed by atoms with E-state index in [0.29, 0.717) is 17.1 Å². The predicted molar refractivity (Wildman–Crippen MR) is 69.7 cm³/mol. The van der Waals surface area contributed by atoms with Gasteiger partial charge in [0.15, 0.2) is 0 Å². The summed E-state index contributed by atoms with van der Waals surface area (Å²) in [5, 5.41) is 3.84. The molecular weight excluding hydrogens is 196 g/mol. The van der Waals surface area contributed by atoms with E-state index in [1.165, 1.54) is 38.6 Å². The van der Waals surface area contributed by atoms with Gasteiger partial charge in [0.1, 0.15) is 0 Å². The fraction of sp³-hybridized carbons (Fsp3) is 1.00. The van der Waals surface area contributed by atoms with Crippen molar-refractivity contribution in [1.29, 1.82) is 0 Å². The summed E-state index contributed by atoms with van der Waals surface area (Å²) < 4.78 is 0. The summed E-state index contributed by atoms with van der Waals surface area (Å²) in [5.41, 5.74) is 0.754. The standard InChI is InChI=1S/C14H28N2/c1-12-10-15-14(8-6-5-7-9-14)11-16(12)13(2,3)4/h12,15H,5-11H2,1-4H3. The number of hydrogen-bond acceptors (Lipinski definition) is 2.